The molecule has 3 radical (unpaired) electrons. The third-order valence-corrected chi connectivity index (χ3v) is 3.86. The van der Waals surface area contributed by atoms with Gasteiger partial charge < -0.3 is 13.3 Å². The first-order valence-electron chi connectivity index (χ1n) is 4.99. The Morgan fingerprint density at radius 3 is 1.40 bits per heavy atom. The zero-order chi connectivity index (χ0) is 12.2. The van der Waals surface area contributed by atoms with Gasteiger partial charge >= 0.3 is 8.80 Å². The summed E-state index contributed by atoms with van der Waals surface area (Å²) >= 11 is 0. The zero-order valence-electron chi connectivity index (χ0n) is 9.91. The minimum absolute atomic E-state index is 0.595. The van der Waals surface area contributed by atoms with Crippen molar-refractivity contribution in [2.75, 3.05) is 19.8 Å². The minimum Gasteiger partial charge on any atom is -0.371 e. The molecule has 3 nitrogen and oxygen atoms in total. The number of hydrogen-bond donors (Lipinski definition) is 0. The molecule has 0 heterocycles. The van der Waals surface area contributed by atoms with Gasteiger partial charge in [0.15, 0.2) is 0 Å². The molecular formula is C10H21O3Si2. The van der Waals surface area contributed by atoms with E-state index in [9.17, 15) is 0 Å². The summed E-state index contributed by atoms with van der Waals surface area (Å²) in [4.78, 5) is 0. The maximum atomic E-state index is 5.44. The lowest BCUT2D eigenvalue weighted by atomic mass is 10.9. The average molecular weight is 245 g/mol. The molecule has 0 atom stereocenters. The van der Waals surface area contributed by atoms with Gasteiger partial charge in [0, 0.05) is 19.8 Å². The summed E-state index contributed by atoms with van der Waals surface area (Å²) < 4.78 is 16.3. The summed E-state index contributed by atoms with van der Waals surface area (Å²) in [6.07, 6.45) is 0. The van der Waals surface area contributed by atoms with Crippen molar-refractivity contribution >= 4 is 19.0 Å². The molecule has 0 aliphatic rings. The van der Waals surface area contributed by atoms with Gasteiger partial charge in [0.25, 0.3) is 0 Å². The van der Waals surface area contributed by atoms with Gasteiger partial charge in [-0.3, -0.25) is 0 Å². The Kier molecular flexibility index (Phi) is 13.6. The summed E-state index contributed by atoms with van der Waals surface area (Å²) in [5.74, 6) is 0. The van der Waals surface area contributed by atoms with Crippen LogP contribution in [0.4, 0.5) is 0 Å². The van der Waals surface area contributed by atoms with Gasteiger partial charge in [-0.1, -0.05) is 6.58 Å². The average Bonchev–Trinajstić information content (AvgIpc) is 2.20. The van der Waals surface area contributed by atoms with Crippen LogP contribution < -0.4 is 0 Å². The lowest BCUT2D eigenvalue weighted by molar-refractivity contribution is 0.0844. The van der Waals surface area contributed by atoms with E-state index in [2.05, 4.69) is 23.4 Å². The molecule has 0 aliphatic heterocycles. The van der Waals surface area contributed by atoms with Crippen LogP contribution in [0.2, 0.25) is 0 Å². The van der Waals surface area contributed by atoms with E-state index in [4.69, 9.17) is 13.3 Å². The van der Waals surface area contributed by atoms with Gasteiger partial charge in [0.1, 0.15) is 0 Å². The standard InChI is InChI=1S/C8H18O3Si.C2H3Si/c1-5-9-12(8-4,10-6-2)11-7-3;1-2-3/h8H,4-7H2,1-3H3;2H,1H2. The van der Waals surface area contributed by atoms with E-state index in [0.29, 0.717) is 19.8 Å². The second-order valence-corrected chi connectivity index (χ2v) is 5.20. The van der Waals surface area contributed by atoms with Crippen LogP contribution in [-0.4, -0.2) is 38.9 Å². The highest BCUT2D eigenvalue weighted by Gasteiger charge is 2.36. The van der Waals surface area contributed by atoms with Crippen molar-refractivity contribution in [3.63, 3.8) is 0 Å². The lowest BCUT2D eigenvalue weighted by Gasteiger charge is -2.24. The second-order valence-electron chi connectivity index (χ2n) is 2.31. The Morgan fingerprint density at radius 2 is 1.27 bits per heavy atom. The fourth-order valence-corrected chi connectivity index (χ4v) is 2.72. The number of rotatable bonds is 7. The molecule has 0 fully saturated rings. The predicted molar refractivity (Wildman–Crippen MR) is 66.8 cm³/mol. The Bertz CT molecular complexity index is 146. The molecule has 0 aromatic carbocycles. The summed E-state index contributed by atoms with van der Waals surface area (Å²) in [5, 5.41) is 0. The summed E-state index contributed by atoms with van der Waals surface area (Å²) in [5.41, 5.74) is 3.23. The lowest BCUT2D eigenvalue weighted by Crippen LogP contribution is -2.44. The van der Waals surface area contributed by atoms with Crippen LogP contribution in [0.5, 0.6) is 0 Å². The predicted octanol–water partition coefficient (Wildman–Crippen LogP) is 2.06. The highest BCUT2D eigenvalue weighted by molar-refractivity contribution is 6.66. The molecule has 0 saturated heterocycles. The molecular weight excluding hydrogens is 224 g/mol. The molecule has 0 N–H and O–H groups in total. The van der Waals surface area contributed by atoms with Crippen molar-refractivity contribution in [2.45, 2.75) is 20.8 Å². The van der Waals surface area contributed by atoms with Gasteiger partial charge in [-0.15, -0.1) is 12.3 Å². The van der Waals surface area contributed by atoms with E-state index < -0.39 is 8.80 Å². The third-order valence-electron chi connectivity index (χ3n) is 1.29. The van der Waals surface area contributed by atoms with Gasteiger partial charge in [-0.05, 0) is 26.5 Å². The maximum absolute atomic E-state index is 5.44. The van der Waals surface area contributed by atoms with Crippen LogP contribution >= 0.6 is 0 Å². The molecule has 0 aromatic heterocycles. The first kappa shape index (κ1) is 17.2. The molecule has 0 unspecified atom stereocenters. The molecule has 0 saturated carbocycles. The van der Waals surface area contributed by atoms with Crippen LogP contribution in [0, 0.1) is 0 Å². The summed E-state index contributed by atoms with van der Waals surface area (Å²) in [6.45, 7) is 14.5. The largest absolute Gasteiger partial charge is 0.528 e. The fraction of sp³-hybridized carbons (Fsp3) is 0.600. The van der Waals surface area contributed by atoms with Gasteiger partial charge in [-0.2, -0.15) is 0 Å². The van der Waals surface area contributed by atoms with Crippen molar-refractivity contribution < 1.29 is 13.3 Å². The van der Waals surface area contributed by atoms with E-state index in [0.717, 1.165) is 0 Å². The van der Waals surface area contributed by atoms with E-state index in [1.807, 2.05) is 20.8 Å². The van der Waals surface area contributed by atoms with E-state index in [-0.39, 0.29) is 0 Å². The normalized spacial score (nSPS) is 10.1. The highest BCUT2D eigenvalue weighted by atomic mass is 28.4. The minimum atomic E-state index is -2.51. The van der Waals surface area contributed by atoms with Crippen molar-refractivity contribution in [1.29, 1.82) is 0 Å². The van der Waals surface area contributed by atoms with Crippen LogP contribution in [0.15, 0.2) is 24.6 Å². The molecule has 87 valence electrons. The zero-order valence-corrected chi connectivity index (χ0v) is 11.9. The SMILES string of the molecule is C=C[Si].C=C[Si](OCC)(OCC)OCC. The third kappa shape index (κ3) is 8.77. The Hall–Kier alpha value is -0.206. The number of hydrogen-bond acceptors (Lipinski definition) is 3. The molecule has 0 aromatic rings. The Morgan fingerprint density at radius 1 is 1.00 bits per heavy atom. The van der Waals surface area contributed by atoms with Crippen molar-refractivity contribution in [3.05, 3.63) is 24.6 Å². The molecule has 0 spiro atoms. The Balaban J connectivity index is 0. The molecule has 0 aliphatic carbocycles. The van der Waals surface area contributed by atoms with Crippen molar-refractivity contribution in [1.82, 2.24) is 0 Å². The second kappa shape index (κ2) is 11.9. The van der Waals surface area contributed by atoms with Crippen LogP contribution in [0.25, 0.3) is 0 Å². The smallest absolute Gasteiger partial charge is 0.371 e. The first-order chi connectivity index (χ1) is 7.16. The molecule has 5 heteroatoms. The van der Waals surface area contributed by atoms with Crippen molar-refractivity contribution in [3.8, 4) is 0 Å². The quantitative estimate of drug-likeness (QED) is 0.643. The maximum Gasteiger partial charge on any atom is 0.528 e. The fourth-order valence-electron chi connectivity index (χ4n) is 0.905. The van der Waals surface area contributed by atoms with Gasteiger partial charge in [-0.25, -0.2) is 0 Å². The van der Waals surface area contributed by atoms with E-state index in [1.54, 1.807) is 11.4 Å². The van der Waals surface area contributed by atoms with Crippen LogP contribution in [-0.2, 0) is 13.3 Å². The molecule has 0 amide bonds. The van der Waals surface area contributed by atoms with Gasteiger partial charge in [0.05, 0.1) is 10.2 Å². The summed E-state index contributed by atoms with van der Waals surface area (Å²) in [6, 6.07) is 0. The van der Waals surface area contributed by atoms with Crippen molar-refractivity contribution in [2.24, 2.45) is 0 Å². The first-order valence-corrected chi connectivity index (χ1v) is 7.37. The summed E-state index contributed by atoms with van der Waals surface area (Å²) in [7, 11) is 0.442. The monoisotopic (exact) mass is 245 g/mol. The Labute approximate surface area is 97.9 Å². The van der Waals surface area contributed by atoms with Gasteiger partial charge in [0.2, 0.25) is 0 Å². The highest BCUT2D eigenvalue weighted by Crippen LogP contribution is 2.10. The van der Waals surface area contributed by atoms with Crippen LogP contribution in [0.3, 0.4) is 0 Å². The van der Waals surface area contributed by atoms with Crippen LogP contribution in [0.1, 0.15) is 20.8 Å². The topological polar surface area (TPSA) is 27.7 Å². The van der Waals surface area contributed by atoms with E-state index in [1.165, 1.54) is 0 Å². The van der Waals surface area contributed by atoms with E-state index >= 15 is 0 Å². The molecule has 0 bridgehead atoms. The molecule has 15 heavy (non-hydrogen) atoms. The molecule has 0 rings (SSSR count).